The molecule has 14 heavy (non-hydrogen) atoms. The molecule has 0 bridgehead atoms. The van der Waals surface area contributed by atoms with Crippen molar-refractivity contribution in [2.75, 3.05) is 0 Å². The van der Waals surface area contributed by atoms with Crippen molar-refractivity contribution in [3.05, 3.63) is 16.9 Å². The molecule has 0 amide bonds. The van der Waals surface area contributed by atoms with E-state index in [-0.39, 0.29) is 5.41 Å². The average Bonchev–Trinajstić information content (AvgIpc) is 2.77. The molecule has 0 atom stereocenters. The monoisotopic (exact) mass is 209 g/mol. The van der Waals surface area contributed by atoms with Gasteiger partial charge in [0.2, 0.25) is 0 Å². The number of aromatic nitrogens is 2. The van der Waals surface area contributed by atoms with Gasteiger partial charge in [-0.2, -0.15) is 10.4 Å². The van der Waals surface area contributed by atoms with Gasteiger partial charge >= 0.3 is 0 Å². The summed E-state index contributed by atoms with van der Waals surface area (Å²) in [4.78, 5) is 0. The van der Waals surface area contributed by atoms with Gasteiger partial charge in [0.1, 0.15) is 0 Å². The van der Waals surface area contributed by atoms with Gasteiger partial charge < -0.3 is 0 Å². The Balaban J connectivity index is 2.08. The highest BCUT2D eigenvalue weighted by Crippen LogP contribution is 2.49. The maximum atomic E-state index is 8.67. The lowest BCUT2D eigenvalue weighted by Gasteiger charge is -2.09. The molecule has 0 unspecified atom stereocenters. The van der Waals surface area contributed by atoms with E-state index >= 15 is 0 Å². The van der Waals surface area contributed by atoms with Gasteiger partial charge in [-0.15, -0.1) is 0 Å². The largest absolute Gasteiger partial charge is 0.270 e. The first kappa shape index (κ1) is 9.54. The molecule has 0 spiro atoms. The first-order chi connectivity index (χ1) is 6.65. The van der Waals surface area contributed by atoms with E-state index in [0.717, 1.165) is 25.1 Å². The molecule has 0 N–H and O–H groups in total. The second-order valence-electron chi connectivity index (χ2n) is 4.09. The Morgan fingerprint density at radius 2 is 2.43 bits per heavy atom. The molecular formula is C10H12ClN3. The molecule has 0 radical (unpaired) electrons. The molecule has 0 aliphatic heterocycles. The van der Waals surface area contributed by atoms with Gasteiger partial charge in [0.25, 0.3) is 0 Å². The van der Waals surface area contributed by atoms with Crippen LogP contribution in [0.4, 0.5) is 0 Å². The van der Waals surface area contributed by atoms with Gasteiger partial charge in [-0.05, 0) is 19.8 Å². The van der Waals surface area contributed by atoms with Crippen molar-refractivity contribution in [3.63, 3.8) is 0 Å². The summed E-state index contributed by atoms with van der Waals surface area (Å²) < 4.78 is 1.86. The molecule has 4 heteroatoms. The van der Waals surface area contributed by atoms with Crippen molar-refractivity contribution in [1.29, 1.82) is 5.26 Å². The first-order valence-electron chi connectivity index (χ1n) is 4.72. The quantitative estimate of drug-likeness (QED) is 0.768. The minimum absolute atomic E-state index is 0.191. The summed E-state index contributed by atoms with van der Waals surface area (Å²) in [5.41, 5.74) is 1.05. The minimum Gasteiger partial charge on any atom is -0.270 e. The number of hydrogen-bond donors (Lipinski definition) is 0. The van der Waals surface area contributed by atoms with Crippen molar-refractivity contribution in [2.24, 2.45) is 5.41 Å². The zero-order valence-corrected chi connectivity index (χ0v) is 8.88. The standard InChI is InChI=1S/C10H12ClN3/c1-8-9(11)6-14(13-8)7-10(2-3-10)4-5-12/h6H,2-4,7H2,1H3. The second kappa shape index (κ2) is 3.29. The summed E-state index contributed by atoms with van der Waals surface area (Å²) in [5, 5.41) is 13.7. The van der Waals surface area contributed by atoms with Crippen LogP contribution in [0.5, 0.6) is 0 Å². The van der Waals surface area contributed by atoms with Crippen LogP contribution >= 0.6 is 11.6 Å². The Hall–Kier alpha value is -1.01. The van der Waals surface area contributed by atoms with Crippen molar-refractivity contribution in [3.8, 4) is 6.07 Å². The van der Waals surface area contributed by atoms with Crippen LogP contribution in [0.15, 0.2) is 6.20 Å². The lowest BCUT2D eigenvalue weighted by Crippen LogP contribution is -2.11. The molecule has 1 fully saturated rings. The van der Waals surface area contributed by atoms with Crippen LogP contribution in [-0.4, -0.2) is 9.78 Å². The van der Waals surface area contributed by atoms with Gasteiger partial charge in [-0.25, -0.2) is 0 Å². The maximum absolute atomic E-state index is 8.67. The van der Waals surface area contributed by atoms with E-state index in [1.54, 1.807) is 0 Å². The Morgan fingerprint density at radius 3 is 2.86 bits per heavy atom. The minimum atomic E-state index is 0.191. The van der Waals surface area contributed by atoms with Gasteiger partial charge in [-0.3, -0.25) is 4.68 Å². The maximum Gasteiger partial charge on any atom is 0.0814 e. The zero-order chi connectivity index (χ0) is 10.2. The second-order valence-corrected chi connectivity index (χ2v) is 4.50. The molecule has 0 aromatic carbocycles. The van der Waals surface area contributed by atoms with Crippen molar-refractivity contribution in [1.82, 2.24) is 9.78 Å². The van der Waals surface area contributed by atoms with Gasteiger partial charge in [0.05, 0.1) is 16.8 Å². The molecule has 1 heterocycles. The number of nitriles is 1. The highest BCUT2D eigenvalue weighted by atomic mass is 35.5. The topological polar surface area (TPSA) is 41.6 Å². The fourth-order valence-electron chi connectivity index (χ4n) is 1.65. The van der Waals surface area contributed by atoms with E-state index in [4.69, 9.17) is 16.9 Å². The number of aryl methyl sites for hydroxylation is 1. The van der Waals surface area contributed by atoms with Gasteiger partial charge in [-0.1, -0.05) is 11.6 Å². The van der Waals surface area contributed by atoms with E-state index in [0.29, 0.717) is 11.4 Å². The van der Waals surface area contributed by atoms with Crippen LogP contribution in [0.3, 0.4) is 0 Å². The molecule has 3 nitrogen and oxygen atoms in total. The van der Waals surface area contributed by atoms with Crippen molar-refractivity contribution in [2.45, 2.75) is 32.7 Å². The molecule has 1 aromatic heterocycles. The molecule has 1 saturated carbocycles. The summed E-state index contributed by atoms with van der Waals surface area (Å²) in [5.74, 6) is 0. The number of halogens is 1. The van der Waals surface area contributed by atoms with Crippen molar-refractivity contribution >= 4 is 11.6 Å². The first-order valence-corrected chi connectivity index (χ1v) is 5.10. The van der Waals surface area contributed by atoms with E-state index in [1.165, 1.54) is 0 Å². The predicted octanol–water partition coefficient (Wildman–Crippen LogP) is 2.54. The van der Waals surface area contributed by atoms with E-state index in [1.807, 2.05) is 17.8 Å². The molecule has 1 aromatic rings. The van der Waals surface area contributed by atoms with Crippen LogP contribution < -0.4 is 0 Å². The average molecular weight is 210 g/mol. The van der Waals surface area contributed by atoms with Crippen LogP contribution in [0.1, 0.15) is 25.0 Å². The molecule has 0 saturated heterocycles. The summed E-state index contributed by atoms with van der Waals surface area (Å²) >= 11 is 5.91. The van der Waals surface area contributed by atoms with Gasteiger partial charge in [0, 0.05) is 24.6 Å². The van der Waals surface area contributed by atoms with Crippen molar-refractivity contribution < 1.29 is 0 Å². The van der Waals surface area contributed by atoms with Crippen LogP contribution in [0, 0.1) is 23.7 Å². The summed E-state index contributed by atoms with van der Waals surface area (Å²) in [6, 6.07) is 2.24. The molecule has 2 rings (SSSR count). The van der Waals surface area contributed by atoms with E-state index < -0.39 is 0 Å². The summed E-state index contributed by atoms with van der Waals surface area (Å²) in [7, 11) is 0. The number of rotatable bonds is 3. The molecular weight excluding hydrogens is 198 g/mol. The van der Waals surface area contributed by atoms with Crippen LogP contribution in [0.2, 0.25) is 5.02 Å². The lowest BCUT2D eigenvalue weighted by molar-refractivity contribution is 0.403. The Kier molecular flexibility index (Phi) is 2.24. The third-order valence-corrected chi connectivity index (χ3v) is 3.17. The van der Waals surface area contributed by atoms with E-state index in [2.05, 4.69) is 11.2 Å². The lowest BCUT2D eigenvalue weighted by atomic mass is 10.0. The van der Waals surface area contributed by atoms with Gasteiger partial charge in [0.15, 0.2) is 0 Å². The molecule has 1 aliphatic carbocycles. The fraction of sp³-hybridized carbons (Fsp3) is 0.600. The van der Waals surface area contributed by atoms with Crippen LogP contribution in [0.25, 0.3) is 0 Å². The Bertz CT molecular complexity index is 365. The zero-order valence-electron chi connectivity index (χ0n) is 8.13. The third kappa shape index (κ3) is 1.76. The number of hydrogen-bond acceptors (Lipinski definition) is 2. The highest BCUT2D eigenvalue weighted by molar-refractivity contribution is 6.31. The predicted molar refractivity (Wildman–Crippen MR) is 53.9 cm³/mol. The van der Waals surface area contributed by atoms with E-state index in [9.17, 15) is 0 Å². The SMILES string of the molecule is Cc1nn(CC2(CC#N)CC2)cc1Cl. The highest BCUT2D eigenvalue weighted by Gasteiger charge is 2.43. The normalized spacial score (nSPS) is 17.8. The smallest absolute Gasteiger partial charge is 0.0814 e. The third-order valence-electron chi connectivity index (χ3n) is 2.80. The summed E-state index contributed by atoms with van der Waals surface area (Å²) in [6.07, 6.45) is 4.74. The van der Waals surface area contributed by atoms with Crippen LogP contribution in [-0.2, 0) is 6.54 Å². The Labute approximate surface area is 88.3 Å². The fourth-order valence-corrected chi connectivity index (χ4v) is 1.80. The molecule has 1 aliphatic rings. The summed E-state index contributed by atoms with van der Waals surface area (Å²) in [6.45, 7) is 2.72. The Morgan fingerprint density at radius 1 is 1.71 bits per heavy atom. The molecule has 74 valence electrons. The number of nitrogens with zero attached hydrogens (tertiary/aromatic N) is 3.